The molecule has 8 nitrogen and oxygen atoms in total. The van der Waals surface area contributed by atoms with Gasteiger partial charge in [-0.1, -0.05) is 55.7 Å². The highest BCUT2D eigenvalue weighted by atomic mass is 16.5. The summed E-state index contributed by atoms with van der Waals surface area (Å²) < 4.78 is 5.43. The van der Waals surface area contributed by atoms with Crippen molar-refractivity contribution in [1.82, 2.24) is 25.8 Å². The lowest BCUT2D eigenvalue weighted by molar-refractivity contribution is -0.125. The number of nitrogens with zero attached hydrogens (tertiary/aromatic N) is 1. The second-order valence-electron chi connectivity index (χ2n) is 11.6. The van der Waals surface area contributed by atoms with Crippen molar-refractivity contribution in [3.63, 3.8) is 0 Å². The Kier molecular flexibility index (Phi) is 10.3. The minimum Gasteiger partial charge on any atom is -0.496 e. The average molecular weight is 560 g/mol. The van der Waals surface area contributed by atoms with E-state index in [0.29, 0.717) is 44.3 Å². The van der Waals surface area contributed by atoms with Crippen LogP contribution in [0.3, 0.4) is 0 Å². The summed E-state index contributed by atoms with van der Waals surface area (Å²) >= 11 is 0. The molecule has 0 bridgehead atoms. The SMILES string of the molecule is COc1ccccc1CCC(=O)NC[C@@H](Cc1c[nH]c2ccccc12)NC(=O)CN1CCNCC1C1CCCCC1. The number of piperazine rings is 1. The highest BCUT2D eigenvalue weighted by Gasteiger charge is 2.32. The van der Waals surface area contributed by atoms with Gasteiger partial charge in [0.1, 0.15) is 5.75 Å². The fraction of sp³-hybridized carbons (Fsp3) is 0.515. The zero-order chi connectivity index (χ0) is 28.4. The third-order valence-corrected chi connectivity index (χ3v) is 8.80. The molecule has 4 N–H and O–H groups in total. The van der Waals surface area contributed by atoms with Crippen LogP contribution >= 0.6 is 0 Å². The molecule has 1 aliphatic carbocycles. The summed E-state index contributed by atoms with van der Waals surface area (Å²) in [6.07, 6.45) is 10.0. The van der Waals surface area contributed by atoms with Gasteiger partial charge in [0.05, 0.1) is 19.7 Å². The van der Waals surface area contributed by atoms with Gasteiger partial charge in [-0.2, -0.15) is 0 Å². The number of para-hydroxylation sites is 2. The van der Waals surface area contributed by atoms with Crippen molar-refractivity contribution < 1.29 is 14.3 Å². The smallest absolute Gasteiger partial charge is 0.234 e. The molecule has 2 aliphatic rings. The van der Waals surface area contributed by atoms with Crippen LogP contribution in [0.5, 0.6) is 5.75 Å². The van der Waals surface area contributed by atoms with Crippen LogP contribution in [0.2, 0.25) is 0 Å². The van der Waals surface area contributed by atoms with Gasteiger partial charge in [0.25, 0.3) is 0 Å². The van der Waals surface area contributed by atoms with Crippen molar-refractivity contribution in [3.05, 3.63) is 65.9 Å². The van der Waals surface area contributed by atoms with E-state index in [1.807, 2.05) is 42.6 Å². The van der Waals surface area contributed by atoms with Gasteiger partial charge >= 0.3 is 0 Å². The molecule has 2 heterocycles. The van der Waals surface area contributed by atoms with E-state index in [2.05, 4.69) is 38.0 Å². The van der Waals surface area contributed by atoms with Gasteiger partial charge in [0.2, 0.25) is 11.8 Å². The van der Waals surface area contributed by atoms with Crippen molar-refractivity contribution in [2.45, 2.75) is 63.5 Å². The number of aryl methyl sites for hydroxylation is 1. The number of fused-ring (bicyclic) bond motifs is 1. The fourth-order valence-electron chi connectivity index (χ4n) is 6.63. The number of amides is 2. The number of benzene rings is 2. The predicted octanol–water partition coefficient (Wildman–Crippen LogP) is 3.81. The Bertz CT molecular complexity index is 1280. The number of carbonyl (C=O) groups excluding carboxylic acids is 2. The van der Waals surface area contributed by atoms with E-state index in [1.54, 1.807) is 7.11 Å². The van der Waals surface area contributed by atoms with Gasteiger partial charge in [0.15, 0.2) is 0 Å². The second-order valence-corrected chi connectivity index (χ2v) is 11.6. The number of nitrogens with one attached hydrogen (secondary N) is 4. The highest BCUT2D eigenvalue weighted by Crippen LogP contribution is 2.29. The molecule has 1 unspecified atom stereocenters. The summed E-state index contributed by atoms with van der Waals surface area (Å²) in [5.74, 6) is 1.45. The number of hydrogen-bond acceptors (Lipinski definition) is 5. The molecule has 0 spiro atoms. The number of rotatable bonds is 12. The standard InChI is InChI=1S/C33H45N5O3/c1-41-31-14-8-5-11-25(31)15-16-32(39)36-21-27(19-26-20-35-29-13-7-6-12-28(26)29)37-33(40)23-38-18-17-34-22-30(38)24-9-3-2-4-10-24/h5-8,11-14,20,24,27,30,34-35H,2-4,9-10,15-19,21-23H2,1H3,(H,36,39)(H,37,40)/t27-,30?/m1/s1. The molecule has 1 saturated carbocycles. The number of aromatic amines is 1. The Labute approximate surface area is 243 Å². The molecule has 1 aliphatic heterocycles. The summed E-state index contributed by atoms with van der Waals surface area (Å²) in [4.78, 5) is 32.1. The third-order valence-electron chi connectivity index (χ3n) is 8.80. The lowest BCUT2D eigenvalue weighted by atomic mass is 9.82. The van der Waals surface area contributed by atoms with Gasteiger partial charge in [-0.15, -0.1) is 0 Å². The Morgan fingerprint density at radius 1 is 1.02 bits per heavy atom. The topological polar surface area (TPSA) is 98.5 Å². The summed E-state index contributed by atoms with van der Waals surface area (Å²) in [5.41, 5.74) is 3.22. The molecule has 41 heavy (non-hydrogen) atoms. The predicted molar refractivity (Wildman–Crippen MR) is 163 cm³/mol. The maximum atomic E-state index is 13.5. The molecule has 1 saturated heterocycles. The molecule has 2 aromatic carbocycles. The molecule has 2 fully saturated rings. The number of hydrogen-bond donors (Lipinski definition) is 4. The zero-order valence-corrected chi connectivity index (χ0v) is 24.3. The van der Waals surface area contributed by atoms with Crippen molar-refractivity contribution >= 4 is 22.7 Å². The van der Waals surface area contributed by atoms with Gasteiger partial charge in [0, 0.05) is 55.7 Å². The molecule has 1 aromatic heterocycles. The van der Waals surface area contributed by atoms with E-state index < -0.39 is 0 Å². The van der Waals surface area contributed by atoms with Crippen LogP contribution in [-0.2, 0) is 22.4 Å². The van der Waals surface area contributed by atoms with Crippen LogP contribution in [0.1, 0.15) is 49.7 Å². The van der Waals surface area contributed by atoms with Crippen LogP contribution < -0.4 is 20.7 Å². The first-order valence-electron chi connectivity index (χ1n) is 15.3. The molecule has 5 rings (SSSR count). The van der Waals surface area contributed by atoms with Crippen LogP contribution in [0.25, 0.3) is 10.9 Å². The normalized spacial score (nSPS) is 19.1. The molecular weight excluding hydrogens is 514 g/mol. The van der Waals surface area contributed by atoms with Crippen LogP contribution in [-0.4, -0.2) is 73.6 Å². The van der Waals surface area contributed by atoms with Crippen molar-refractivity contribution in [2.24, 2.45) is 5.92 Å². The first kappa shape index (κ1) is 29.1. The molecule has 2 atom stereocenters. The van der Waals surface area contributed by atoms with Crippen LogP contribution in [0, 0.1) is 5.92 Å². The fourth-order valence-corrected chi connectivity index (χ4v) is 6.63. The third kappa shape index (κ3) is 7.89. The minimum absolute atomic E-state index is 0.0285. The average Bonchev–Trinajstić information content (AvgIpc) is 3.42. The lowest BCUT2D eigenvalue weighted by Crippen LogP contribution is -2.58. The van der Waals surface area contributed by atoms with E-state index in [4.69, 9.17) is 4.74 Å². The maximum Gasteiger partial charge on any atom is 0.234 e. The van der Waals surface area contributed by atoms with Gasteiger partial charge in [-0.3, -0.25) is 14.5 Å². The number of H-pyrrole nitrogens is 1. The monoisotopic (exact) mass is 559 g/mol. The first-order chi connectivity index (χ1) is 20.1. The van der Waals surface area contributed by atoms with E-state index in [1.165, 1.54) is 32.1 Å². The van der Waals surface area contributed by atoms with Crippen molar-refractivity contribution in [2.75, 3.05) is 39.8 Å². The van der Waals surface area contributed by atoms with E-state index in [0.717, 1.165) is 47.4 Å². The zero-order valence-electron chi connectivity index (χ0n) is 24.3. The van der Waals surface area contributed by atoms with Crippen molar-refractivity contribution in [1.29, 1.82) is 0 Å². The molecule has 0 radical (unpaired) electrons. The maximum absolute atomic E-state index is 13.5. The summed E-state index contributed by atoms with van der Waals surface area (Å²) in [7, 11) is 1.65. The number of carbonyl (C=O) groups is 2. The Balaban J connectivity index is 1.21. The molecule has 220 valence electrons. The van der Waals surface area contributed by atoms with Crippen LogP contribution in [0.4, 0.5) is 0 Å². The Morgan fingerprint density at radius 3 is 2.68 bits per heavy atom. The van der Waals surface area contributed by atoms with Crippen LogP contribution in [0.15, 0.2) is 54.7 Å². The first-order valence-corrected chi connectivity index (χ1v) is 15.3. The molecule has 8 heteroatoms. The van der Waals surface area contributed by atoms with Crippen molar-refractivity contribution in [3.8, 4) is 5.75 Å². The summed E-state index contributed by atoms with van der Waals surface area (Å²) in [6.45, 7) is 3.54. The summed E-state index contributed by atoms with van der Waals surface area (Å²) in [5, 5.41) is 11.1. The molecule has 2 amide bonds. The highest BCUT2D eigenvalue weighted by molar-refractivity contribution is 5.83. The van der Waals surface area contributed by atoms with E-state index in [9.17, 15) is 9.59 Å². The second kappa shape index (κ2) is 14.5. The van der Waals surface area contributed by atoms with Gasteiger partial charge in [-0.25, -0.2) is 0 Å². The quantitative estimate of drug-likeness (QED) is 0.271. The van der Waals surface area contributed by atoms with Gasteiger partial charge < -0.3 is 25.7 Å². The Morgan fingerprint density at radius 2 is 1.83 bits per heavy atom. The summed E-state index contributed by atoms with van der Waals surface area (Å²) in [6, 6.07) is 16.2. The Hall–Kier alpha value is -3.36. The number of aromatic nitrogens is 1. The minimum atomic E-state index is -0.215. The number of methoxy groups -OCH3 is 1. The lowest BCUT2D eigenvalue weighted by Gasteiger charge is -2.42. The van der Waals surface area contributed by atoms with E-state index in [-0.39, 0.29) is 17.9 Å². The molecule has 3 aromatic rings. The number of ether oxygens (including phenoxy) is 1. The van der Waals surface area contributed by atoms with Gasteiger partial charge in [-0.05, 0) is 54.9 Å². The molecular formula is C33H45N5O3. The van der Waals surface area contributed by atoms with E-state index >= 15 is 0 Å². The largest absolute Gasteiger partial charge is 0.496 e.